The van der Waals surface area contributed by atoms with Gasteiger partial charge in [-0.3, -0.25) is 5.41 Å². The molecule has 3 nitrogen and oxygen atoms in total. The van der Waals surface area contributed by atoms with E-state index in [1.807, 2.05) is 24.3 Å². The van der Waals surface area contributed by atoms with Crippen LogP contribution < -0.4 is 5.73 Å². The van der Waals surface area contributed by atoms with Crippen LogP contribution in [-0.4, -0.2) is 17.9 Å². The first-order chi connectivity index (χ1) is 6.09. The van der Waals surface area contributed by atoms with Crippen LogP contribution in [0, 0.1) is 5.41 Å². The van der Waals surface area contributed by atoms with Gasteiger partial charge < -0.3 is 10.6 Å². The molecule has 0 bridgehead atoms. The molecular weight excluding hydrogens is 230 g/mol. The molecule has 0 amide bonds. The molecule has 70 valence electrons. The minimum Gasteiger partial charge on any atom is -0.370 e. The van der Waals surface area contributed by atoms with Gasteiger partial charge in [-0.15, -0.1) is 0 Å². The zero-order chi connectivity index (χ0) is 9.84. The second kappa shape index (κ2) is 4.28. The summed E-state index contributed by atoms with van der Waals surface area (Å²) >= 11 is 3.36. The van der Waals surface area contributed by atoms with Gasteiger partial charge in [-0.25, -0.2) is 0 Å². The molecule has 0 saturated heterocycles. The summed E-state index contributed by atoms with van der Waals surface area (Å²) in [6.45, 7) is 0.669. The highest BCUT2D eigenvalue weighted by atomic mass is 79.9. The van der Waals surface area contributed by atoms with Crippen molar-refractivity contribution in [1.82, 2.24) is 4.90 Å². The van der Waals surface area contributed by atoms with Crippen LogP contribution in [0.3, 0.4) is 0 Å². The highest BCUT2D eigenvalue weighted by molar-refractivity contribution is 9.10. The molecule has 0 spiro atoms. The molecule has 0 radical (unpaired) electrons. The highest BCUT2D eigenvalue weighted by Gasteiger charge is 2.00. The van der Waals surface area contributed by atoms with Gasteiger partial charge in [0, 0.05) is 18.1 Å². The van der Waals surface area contributed by atoms with Gasteiger partial charge in [0.05, 0.1) is 0 Å². The third-order valence-corrected chi connectivity index (χ3v) is 2.27. The summed E-state index contributed by atoms with van der Waals surface area (Å²) in [6, 6.07) is 7.96. The second-order valence-electron chi connectivity index (χ2n) is 2.87. The molecule has 0 saturated carbocycles. The van der Waals surface area contributed by atoms with Gasteiger partial charge in [-0.05, 0) is 17.7 Å². The summed E-state index contributed by atoms with van der Waals surface area (Å²) in [5.41, 5.74) is 6.45. The Hall–Kier alpha value is -1.03. The fourth-order valence-corrected chi connectivity index (χ4v) is 1.21. The van der Waals surface area contributed by atoms with E-state index >= 15 is 0 Å². The first kappa shape index (κ1) is 10.1. The summed E-state index contributed by atoms with van der Waals surface area (Å²) in [7, 11) is 1.80. The smallest absolute Gasteiger partial charge is 0.188 e. The van der Waals surface area contributed by atoms with E-state index in [9.17, 15) is 0 Å². The molecule has 1 rings (SSSR count). The number of guanidine groups is 1. The summed E-state index contributed by atoms with van der Waals surface area (Å²) in [6.07, 6.45) is 0. The molecule has 0 aliphatic heterocycles. The van der Waals surface area contributed by atoms with Gasteiger partial charge in [0.1, 0.15) is 0 Å². The van der Waals surface area contributed by atoms with E-state index < -0.39 is 0 Å². The molecular formula is C9H12BrN3. The lowest BCUT2D eigenvalue weighted by atomic mass is 10.2. The Morgan fingerprint density at radius 1 is 1.46 bits per heavy atom. The molecule has 0 aliphatic rings. The van der Waals surface area contributed by atoms with E-state index in [4.69, 9.17) is 11.1 Å². The quantitative estimate of drug-likeness (QED) is 0.613. The van der Waals surface area contributed by atoms with Gasteiger partial charge in [0.2, 0.25) is 0 Å². The van der Waals surface area contributed by atoms with Crippen molar-refractivity contribution in [2.75, 3.05) is 7.05 Å². The van der Waals surface area contributed by atoms with E-state index in [2.05, 4.69) is 15.9 Å². The molecule has 1 aromatic carbocycles. The summed E-state index contributed by atoms with van der Waals surface area (Å²) in [5.74, 6) is 0.0860. The van der Waals surface area contributed by atoms with Gasteiger partial charge in [-0.2, -0.15) is 0 Å². The average Bonchev–Trinajstić information content (AvgIpc) is 2.08. The Morgan fingerprint density at radius 3 is 2.46 bits per heavy atom. The SMILES string of the molecule is CN(Cc1ccc(Br)cc1)C(=N)N. The number of nitrogens with two attached hydrogens (primary N) is 1. The number of hydrogen-bond donors (Lipinski definition) is 2. The van der Waals surface area contributed by atoms with Crippen LogP contribution in [0.5, 0.6) is 0 Å². The Kier molecular flexibility index (Phi) is 3.31. The van der Waals surface area contributed by atoms with E-state index in [1.54, 1.807) is 11.9 Å². The predicted octanol–water partition coefficient (Wildman–Crippen LogP) is 1.77. The maximum absolute atomic E-state index is 7.19. The number of nitrogens with zero attached hydrogens (tertiary/aromatic N) is 1. The molecule has 0 unspecified atom stereocenters. The molecule has 1 aromatic rings. The van der Waals surface area contributed by atoms with E-state index in [1.165, 1.54) is 0 Å². The zero-order valence-electron chi connectivity index (χ0n) is 7.42. The summed E-state index contributed by atoms with van der Waals surface area (Å²) in [5, 5.41) is 7.19. The lowest BCUT2D eigenvalue weighted by Crippen LogP contribution is -2.32. The van der Waals surface area contributed by atoms with Gasteiger partial charge in [0.25, 0.3) is 0 Å². The van der Waals surface area contributed by atoms with E-state index in [0.717, 1.165) is 10.0 Å². The number of rotatable bonds is 2. The molecule has 3 N–H and O–H groups in total. The Bertz CT molecular complexity index is 294. The maximum Gasteiger partial charge on any atom is 0.188 e. The van der Waals surface area contributed by atoms with Gasteiger partial charge in [0.15, 0.2) is 5.96 Å². The van der Waals surface area contributed by atoms with Crippen LogP contribution >= 0.6 is 15.9 Å². The van der Waals surface area contributed by atoms with Crippen LogP contribution in [0.4, 0.5) is 0 Å². The first-order valence-electron chi connectivity index (χ1n) is 3.89. The third kappa shape index (κ3) is 3.06. The Balaban J connectivity index is 2.64. The van der Waals surface area contributed by atoms with Crippen LogP contribution in [-0.2, 0) is 6.54 Å². The fourth-order valence-electron chi connectivity index (χ4n) is 0.949. The predicted molar refractivity (Wildman–Crippen MR) is 57.5 cm³/mol. The van der Waals surface area contributed by atoms with Crippen LogP contribution in [0.1, 0.15) is 5.56 Å². The minimum absolute atomic E-state index is 0.0860. The summed E-state index contributed by atoms with van der Waals surface area (Å²) in [4.78, 5) is 1.68. The first-order valence-corrected chi connectivity index (χ1v) is 4.68. The van der Waals surface area contributed by atoms with Gasteiger partial charge >= 0.3 is 0 Å². The number of nitrogens with one attached hydrogen (secondary N) is 1. The Morgan fingerprint density at radius 2 is 2.00 bits per heavy atom. The van der Waals surface area contributed by atoms with Crippen molar-refractivity contribution in [2.24, 2.45) is 5.73 Å². The van der Waals surface area contributed by atoms with Crippen molar-refractivity contribution in [1.29, 1.82) is 5.41 Å². The van der Waals surface area contributed by atoms with Crippen molar-refractivity contribution in [3.63, 3.8) is 0 Å². The minimum atomic E-state index is 0.0860. The lowest BCUT2D eigenvalue weighted by Gasteiger charge is -2.16. The molecule has 4 heteroatoms. The van der Waals surface area contributed by atoms with Crippen molar-refractivity contribution in [3.05, 3.63) is 34.3 Å². The molecule has 0 aromatic heterocycles. The average molecular weight is 242 g/mol. The van der Waals surface area contributed by atoms with Crippen LogP contribution in [0.2, 0.25) is 0 Å². The second-order valence-corrected chi connectivity index (χ2v) is 3.78. The molecule has 0 heterocycles. The van der Waals surface area contributed by atoms with Crippen molar-refractivity contribution in [3.8, 4) is 0 Å². The highest BCUT2D eigenvalue weighted by Crippen LogP contribution is 2.11. The molecule has 0 fully saturated rings. The Labute approximate surface area is 86.2 Å². The van der Waals surface area contributed by atoms with E-state index in [0.29, 0.717) is 6.54 Å². The molecule has 0 atom stereocenters. The topological polar surface area (TPSA) is 53.1 Å². The number of halogens is 1. The standard InChI is InChI=1S/C9H12BrN3/c1-13(9(11)12)6-7-2-4-8(10)5-3-7/h2-5H,6H2,1H3,(H3,11,12). The third-order valence-electron chi connectivity index (χ3n) is 1.74. The lowest BCUT2D eigenvalue weighted by molar-refractivity contribution is 0.491. The summed E-state index contributed by atoms with van der Waals surface area (Å²) < 4.78 is 1.06. The van der Waals surface area contributed by atoms with E-state index in [-0.39, 0.29) is 5.96 Å². The van der Waals surface area contributed by atoms with Crippen molar-refractivity contribution >= 4 is 21.9 Å². The largest absolute Gasteiger partial charge is 0.370 e. The number of benzene rings is 1. The van der Waals surface area contributed by atoms with Crippen molar-refractivity contribution < 1.29 is 0 Å². The zero-order valence-corrected chi connectivity index (χ0v) is 9.01. The normalized spacial score (nSPS) is 9.69. The maximum atomic E-state index is 7.19. The van der Waals surface area contributed by atoms with Crippen LogP contribution in [0.25, 0.3) is 0 Å². The molecule has 13 heavy (non-hydrogen) atoms. The van der Waals surface area contributed by atoms with Crippen molar-refractivity contribution in [2.45, 2.75) is 6.54 Å². The van der Waals surface area contributed by atoms with Gasteiger partial charge in [-0.1, -0.05) is 28.1 Å². The number of hydrogen-bond acceptors (Lipinski definition) is 1. The monoisotopic (exact) mass is 241 g/mol. The fraction of sp³-hybridized carbons (Fsp3) is 0.222. The van der Waals surface area contributed by atoms with Crippen LogP contribution in [0.15, 0.2) is 28.7 Å². The molecule has 0 aliphatic carbocycles.